The molecule has 21 heavy (non-hydrogen) atoms. The van der Waals surface area contributed by atoms with Crippen molar-refractivity contribution in [3.05, 3.63) is 12.7 Å². The van der Waals surface area contributed by atoms with E-state index in [1.54, 1.807) is 0 Å². The minimum atomic E-state index is -0.269. The fourth-order valence-electron chi connectivity index (χ4n) is 6.02. The van der Waals surface area contributed by atoms with Crippen LogP contribution in [0.2, 0.25) is 0 Å². The van der Waals surface area contributed by atoms with Gasteiger partial charge in [0.25, 0.3) is 0 Å². The zero-order chi connectivity index (χ0) is 15.9. The number of fused-ring (bicyclic) bond motifs is 1. The average Bonchev–Trinajstić information content (AvgIpc) is 2.37. The van der Waals surface area contributed by atoms with Crippen LogP contribution in [0.1, 0.15) is 66.2 Å². The highest BCUT2D eigenvalue weighted by molar-refractivity contribution is 5.11. The second kappa shape index (κ2) is 5.70. The van der Waals surface area contributed by atoms with Gasteiger partial charge in [-0.3, -0.25) is 0 Å². The van der Waals surface area contributed by atoms with Crippen molar-refractivity contribution in [1.82, 2.24) is 0 Å². The number of rotatable bonds is 4. The molecule has 0 aliphatic heterocycles. The summed E-state index contributed by atoms with van der Waals surface area (Å²) in [6.07, 6.45) is 8.17. The van der Waals surface area contributed by atoms with Gasteiger partial charge in [0.15, 0.2) is 0 Å². The topological polar surface area (TPSA) is 40.5 Å². The summed E-state index contributed by atoms with van der Waals surface area (Å²) >= 11 is 0. The molecule has 0 bridgehead atoms. The van der Waals surface area contributed by atoms with Crippen LogP contribution >= 0.6 is 0 Å². The van der Waals surface area contributed by atoms with Gasteiger partial charge in [0, 0.05) is 6.61 Å². The second-order valence-corrected chi connectivity index (χ2v) is 8.71. The standard InChI is InChI=1S/C19H34O2/c1-6-18(4,12-13-20)16-14(21)8-9-15-17(2,3)10-7-11-19(15,16)5/h6,14-16,20-21H,1,7-13H2,2-5H3/t14-,15+,16-,18-,19+/m0/s1. The van der Waals surface area contributed by atoms with E-state index < -0.39 is 0 Å². The highest BCUT2D eigenvalue weighted by Crippen LogP contribution is 2.63. The highest BCUT2D eigenvalue weighted by atomic mass is 16.3. The quantitative estimate of drug-likeness (QED) is 0.764. The predicted molar refractivity (Wildman–Crippen MR) is 88.0 cm³/mol. The minimum Gasteiger partial charge on any atom is -0.396 e. The van der Waals surface area contributed by atoms with Gasteiger partial charge in [0.05, 0.1) is 6.10 Å². The zero-order valence-electron chi connectivity index (χ0n) is 14.4. The molecule has 2 aliphatic rings. The lowest BCUT2D eigenvalue weighted by atomic mass is 9.43. The van der Waals surface area contributed by atoms with Gasteiger partial charge in [-0.2, -0.15) is 0 Å². The third kappa shape index (κ3) is 2.70. The van der Waals surface area contributed by atoms with Crippen molar-refractivity contribution in [2.45, 2.75) is 72.3 Å². The van der Waals surface area contributed by atoms with Gasteiger partial charge in [-0.1, -0.05) is 40.2 Å². The summed E-state index contributed by atoms with van der Waals surface area (Å²) in [6, 6.07) is 0. The molecule has 0 radical (unpaired) electrons. The van der Waals surface area contributed by atoms with E-state index in [1.807, 2.05) is 6.08 Å². The first-order valence-electron chi connectivity index (χ1n) is 8.64. The lowest BCUT2D eigenvalue weighted by molar-refractivity contribution is -0.157. The fraction of sp³-hybridized carbons (Fsp3) is 0.895. The van der Waals surface area contributed by atoms with E-state index in [0.29, 0.717) is 17.8 Å². The summed E-state index contributed by atoms with van der Waals surface area (Å²) in [5, 5.41) is 20.3. The molecule has 0 amide bonds. The van der Waals surface area contributed by atoms with Crippen LogP contribution in [0.4, 0.5) is 0 Å². The van der Waals surface area contributed by atoms with E-state index in [-0.39, 0.29) is 29.5 Å². The molecule has 2 saturated carbocycles. The number of aliphatic hydroxyl groups is 2. The first-order chi connectivity index (χ1) is 9.71. The maximum absolute atomic E-state index is 10.8. The van der Waals surface area contributed by atoms with Crippen LogP contribution in [-0.2, 0) is 0 Å². The lowest BCUT2D eigenvalue weighted by Gasteiger charge is -2.62. The third-order valence-corrected chi connectivity index (χ3v) is 6.95. The summed E-state index contributed by atoms with van der Waals surface area (Å²) in [6.45, 7) is 13.6. The molecule has 2 nitrogen and oxygen atoms in total. The van der Waals surface area contributed by atoms with Crippen LogP contribution < -0.4 is 0 Å². The number of allylic oxidation sites excluding steroid dienone is 1. The minimum absolute atomic E-state index is 0.150. The lowest BCUT2D eigenvalue weighted by Crippen LogP contribution is -2.57. The van der Waals surface area contributed by atoms with Crippen molar-refractivity contribution in [1.29, 1.82) is 0 Å². The molecule has 0 saturated heterocycles. The molecule has 2 aliphatic carbocycles. The normalized spacial score (nSPS) is 41.9. The summed E-state index contributed by atoms with van der Waals surface area (Å²) in [5.74, 6) is 0.859. The van der Waals surface area contributed by atoms with Crippen molar-refractivity contribution in [3.63, 3.8) is 0 Å². The van der Waals surface area contributed by atoms with E-state index in [0.717, 1.165) is 12.8 Å². The molecule has 0 spiro atoms. The maximum atomic E-state index is 10.8. The fourth-order valence-corrected chi connectivity index (χ4v) is 6.02. The molecule has 2 heteroatoms. The van der Waals surface area contributed by atoms with Crippen molar-refractivity contribution in [2.24, 2.45) is 28.1 Å². The molecular formula is C19H34O2. The number of hydrogen-bond acceptors (Lipinski definition) is 2. The van der Waals surface area contributed by atoms with Gasteiger partial charge in [-0.25, -0.2) is 0 Å². The van der Waals surface area contributed by atoms with Gasteiger partial charge >= 0.3 is 0 Å². The van der Waals surface area contributed by atoms with Crippen molar-refractivity contribution in [3.8, 4) is 0 Å². The van der Waals surface area contributed by atoms with E-state index in [1.165, 1.54) is 19.3 Å². The zero-order valence-corrected chi connectivity index (χ0v) is 14.4. The molecule has 2 rings (SSSR count). The van der Waals surface area contributed by atoms with Gasteiger partial charge in [-0.05, 0) is 60.2 Å². The molecular weight excluding hydrogens is 260 g/mol. The van der Waals surface area contributed by atoms with Gasteiger partial charge in [0.2, 0.25) is 0 Å². The monoisotopic (exact) mass is 294 g/mol. The first kappa shape index (κ1) is 17.0. The molecule has 2 fully saturated rings. The Kier molecular flexibility index (Phi) is 4.62. The largest absolute Gasteiger partial charge is 0.396 e. The van der Waals surface area contributed by atoms with E-state index in [2.05, 4.69) is 34.3 Å². The Balaban J connectivity index is 2.44. The number of hydrogen-bond donors (Lipinski definition) is 2. The van der Waals surface area contributed by atoms with Crippen LogP contribution in [0.15, 0.2) is 12.7 Å². The average molecular weight is 294 g/mol. The molecule has 0 heterocycles. The molecule has 5 atom stereocenters. The van der Waals surface area contributed by atoms with Gasteiger partial charge in [0.1, 0.15) is 0 Å². The SMILES string of the molecule is C=C[C@@](C)(CCO)[C@@H]1[C@@H](O)CC[C@@H]2C(C)(C)CCC[C@]21C. The van der Waals surface area contributed by atoms with Crippen LogP contribution in [0, 0.1) is 28.1 Å². The first-order valence-corrected chi connectivity index (χ1v) is 8.64. The Morgan fingerprint density at radius 3 is 2.48 bits per heavy atom. The molecule has 0 aromatic heterocycles. The Morgan fingerprint density at radius 2 is 1.90 bits per heavy atom. The molecule has 0 aromatic carbocycles. The Bertz CT molecular complexity index is 389. The van der Waals surface area contributed by atoms with Gasteiger partial charge in [-0.15, -0.1) is 6.58 Å². The van der Waals surface area contributed by atoms with E-state index in [4.69, 9.17) is 0 Å². The smallest absolute Gasteiger partial charge is 0.0582 e. The van der Waals surface area contributed by atoms with E-state index >= 15 is 0 Å². The van der Waals surface area contributed by atoms with Crippen LogP contribution in [-0.4, -0.2) is 22.9 Å². The van der Waals surface area contributed by atoms with Crippen LogP contribution in [0.25, 0.3) is 0 Å². The van der Waals surface area contributed by atoms with Crippen LogP contribution in [0.3, 0.4) is 0 Å². The Labute approximate surface area is 130 Å². The maximum Gasteiger partial charge on any atom is 0.0582 e. The Hall–Kier alpha value is -0.340. The third-order valence-electron chi connectivity index (χ3n) is 6.95. The highest BCUT2D eigenvalue weighted by Gasteiger charge is 2.58. The summed E-state index contributed by atoms with van der Waals surface area (Å²) in [4.78, 5) is 0. The second-order valence-electron chi connectivity index (χ2n) is 8.71. The van der Waals surface area contributed by atoms with Crippen molar-refractivity contribution in [2.75, 3.05) is 6.61 Å². The molecule has 122 valence electrons. The summed E-state index contributed by atoms with van der Waals surface area (Å²) in [5.41, 5.74) is 0.319. The summed E-state index contributed by atoms with van der Waals surface area (Å²) in [7, 11) is 0. The van der Waals surface area contributed by atoms with Gasteiger partial charge < -0.3 is 10.2 Å². The molecule has 2 N–H and O–H groups in total. The van der Waals surface area contributed by atoms with Crippen LogP contribution in [0.5, 0.6) is 0 Å². The van der Waals surface area contributed by atoms with E-state index in [9.17, 15) is 10.2 Å². The Morgan fingerprint density at radius 1 is 1.24 bits per heavy atom. The van der Waals surface area contributed by atoms with Crippen molar-refractivity contribution < 1.29 is 10.2 Å². The predicted octanol–water partition coefficient (Wildman–Crippen LogP) is 4.16. The van der Waals surface area contributed by atoms with Crippen molar-refractivity contribution >= 4 is 0 Å². The number of aliphatic hydroxyl groups excluding tert-OH is 2. The molecule has 0 aromatic rings. The molecule has 0 unspecified atom stereocenters. The summed E-state index contributed by atoms with van der Waals surface area (Å²) < 4.78 is 0.